The molecule has 2 amide bonds. The van der Waals surface area contributed by atoms with Crippen molar-refractivity contribution in [2.75, 3.05) is 25.0 Å². The molecule has 0 aromatic heterocycles. The van der Waals surface area contributed by atoms with E-state index < -0.39 is 0 Å². The van der Waals surface area contributed by atoms with Crippen molar-refractivity contribution in [1.29, 1.82) is 0 Å². The van der Waals surface area contributed by atoms with Crippen LogP contribution in [0.5, 0.6) is 0 Å². The summed E-state index contributed by atoms with van der Waals surface area (Å²) in [6.07, 6.45) is 7.47. The molecular formula is C25H30BrN3O2. The minimum absolute atomic E-state index is 0.128. The highest BCUT2D eigenvalue weighted by molar-refractivity contribution is 9.10. The molecule has 4 rings (SSSR count). The molecule has 0 atom stereocenters. The average Bonchev–Trinajstić information content (AvgIpc) is 3.29. The van der Waals surface area contributed by atoms with Crippen LogP contribution in [0.3, 0.4) is 0 Å². The molecule has 2 fully saturated rings. The van der Waals surface area contributed by atoms with E-state index in [0.717, 1.165) is 36.3 Å². The van der Waals surface area contributed by atoms with Gasteiger partial charge in [-0.05, 0) is 71.8 Å². The van der Waals surface area contributed by atoms with Crippen LogP contribution < -0.4 is 10.6 Å². The zero-order valence-corrected chi connectivity index (χ0v) is 19.4. The van der Waals surface area contributed by atoms with Gasteiger partial charge in [-0.15, -0.1) is 0 Å². The summed E-state index contributed by atoms with van der Waals surface area (Å²) in [5.41, 5.74) is 1.56. The highest BCUT2D eigenvalue weighted by atomic mass is 79.9. The van der Waals surface area contributed by atoms with Crippen molar-refractivity contribution >= 4 is 33.4 Å². The maximum absolute atomic E-state index is 13.0. The molecule has 1 aliphatic heterocycles. The lowest BCUT2D eigenvalue weighted by atomic mass is 10.0. The van der Waals surface area contributed by atoms with Crippen LogP contribution in [0.2, 0.25) is 0 Å². The number of nitrogens with zero attached hydrogens (tertiary/aromatic N) is 1. The summed E-state index contributed by atoms with van der Waals surface area (Å²) in [5, 5.41) is 6.08. The number of likely N-dealkylation sites (tertiary alicyclic amines) is 1. The zero-order valence-electron chi connectivity index (χ0n) is 17.8. The van der Waals surface area contributed by atoms with Gasteiger partial charge in [-0.3, -0.25) is 9.59 Å². The first-order chi connectivity index (χ1) is 15.1. The Labute approximate surface area is 192 Å². The average molecular weight is 484 g/mol. The molecule has 0 bridgehead atoms. The van der Waals surface area contributed by atoms with E-state index in [-0.39, 0.29) is 17.9 Å². The molecule has 1 saturated carbocycles. The Kier molecular flexibility index (Phi) is 7.41. The third kappa shape index (κ3) is 5.74. The Morgan fingerprint density at radius 2 is 1.52 bits per heavy atom. The van der Waals surface area contributed by atoms with E-state index in [2.05, 4.69) is 31.5 Å². The molecule has 2 N–H and O–H groups in total. The van der Waals surface area contributed by atoms with Gasteiger partial charge in [-0.25, -0.2) is 0 Å². The van der Waals surface area contributed by atoms with Crippen molar-refractivity contribution < 1.29 is 9.59 Å². The number of halogens is 1. The smallest absolute Gasteiger partial charge is 0.256 e. The fraction of sp³-hybridized carbons (Fsp3) is 0.440. The fourth-order valence-electron chi connectivity index (χ4n) is 4.71. The second kappa shape index (κ2) is 10.4. The summed E-state index contributed by atoms with van der Waals surface area (Å²) in [4.78, 5) is 28.3. The van der Waals surface area contributed by atoms with Gasteiger partial charge in [0.1, 0.15) is 0 Å². The normalized spacial score (nSPS) is 18.1. The molecule has 2 aliphatic rings. The van der Waals surface area contributed by atoms with Gasteiger partial charge in [0.05, 0.1) is 16.8 Å². The molecule has 2 aromatic carbocycles. The van der Waals surface area contributed by atoms with Gasteiger partial charge in [-0.1, -0.05) is 37.1 Å². The molecule has 2 aromatic rings. The number of carbonyl (C=O) groups excluding carboxylic acids is 2. The minimum Gasteiger partial charge on any atom is -0.349 e. The second-order valence-corrected chi connectivity index (χ2v) is 9.53. The van der Waals surface area contributed by atoms with E-state index in [9.17, 15) is 9.59 Å². The van der Waals surface area contributed by atoms with Crippen LogP contribution in [0.4, 0.5) is 5.69 Å². The summed E-state index contributed by atoms with van der Waals surface area (Å²) >= 11 is 3.41. The van der Waals surface area contributed by atoms with Crippen LogP contribution in [0.1, 0.15) is 59.2 Å². The number of carbonyl (C=O) groups is 2. The van der Waals surface area contributed by atoms with Gasteiger partial charge < -0.3 is 15.5 Å². The minimum atomic E-state index is -0.243. The van der Waals surface area contributed by atoms with E-state index in [1.807, 2.05) is 30.3 Å². The van der Waals surface area contributed by atoms with Crippen LogP contribution in [0, 0.1) is 5.92 Å². The number of hydrogen-bond donors (Lipinski definition) is 2. The molecule has 5 nitrogen and oxygen atoms in total. The zero-order chi connectivity index (χ0) is 21.6. The largest absolute Gasteiger partial charge is 0.349 e. The predicted octanol–water partition coefficient (Wildman–Crippen LogP) is 5.09. The molecule has 6 heteroatoms. The predicted molar refractivity (Wildman–Crippen MR) is 127 cm³/mol. The van der Waals surface area contributed by atoms with Gasteiger partial charge in [-0.2, -0.15) is 0 Å². The van der Waals surface area contributed by atoms with Gasteiger partial charge >= 0.3 is 0 Å². The van der Waals surface area contributed by atoms with Gasteiger partial charge in [0.25, 0.3) is 11.8 Å². The topological polar surface area (TPSA) is 61.4 Å². The SMILES string of the molecule is O=C(Nc1ccccc1C(=O)NC1CCN(CC2CCCC2)CC1)c1ccccc1Br. The van der Waals surface area contributed by atoms with Crippen LogP contribution in [-0.4, -0.2) is 42.4 Å². The number of hydrogen-bond acceptors (Lipinski definition) is 3. The fourth-order valence-corrected chi connectivity index (χ4v) is 5.17. The standard InChI is InChI=1S/C25H30BrN3O2/c26-22-11-5-3-9-20(22)24(30)28-23-12-6-4-10-21(23)25(31)27-19-13-15-29(16-14-19)17-18-7-1-2-8-18/h3-6,9-12,18-19H,1-2,7-8,13-17H2,(H,27,31)(H,28,30). The van der Waals surface area contributed by atoms with Gasteiger partial charge in [0, 0.05) is 30.1 Å². The number of benzene rings is 2. The van der Waals surface area contributed by atoms with Gasteiger partial charge in [0.2, 0.25) is 0 Å². The summed E-state index contributed by atoms with van der Waals surface area (Å²) in [5.74, 6) is 0.497. The van der Waals surface area contributed by atoms with Crippen LogP contribution in [-0.2, 0) is 0 Å². The van der Waals surface area contributed by atoms with Crippen molar-refractivity contribution in [3.05, 3.63) is 64.1 Å². The molecule has 1 saturated heterocycles. The number of piperidine rings is 1. The van der Waals surface area contributed by atoms with Crippen molar-refractivity contribution in [3.63, 3.8) is 0 Å². The lowest BCUT2D eigenvalue weighted by Crippen LogP contribution is -2.45. The molecule has 164 valence electrons. The first-order valence-corrected chi connectivity index (χ1v) is 12.1. The lowest BCUT2D eigenvalue weighted by Gasteiger charge is -2.34. The summed E-state index contributed by atoms with van der Waals surface area (Å²) in [6.45, 7) is 3.30. The lowest BCUT2D eigenvalue weighted by molar-refractivity contribution is 0.0906. The first-order valence-electron chi connectivity index (χ1n) is 11.3. The van der Waals surface area contributed by atoms with E-state index >= 15 is 0 Å². The molecule has 1 aliphatic carbocycles. The number of amides is 2. The summed E-state index contributed by atoms with van der Waals surface area (Å²) < 4.78 is 0.721. The Morgan fingerprint density at radius 1 is 0.871 bits per heavy atom. The second-order valence-electron chi connectivity index (χ2n) is 8.68. The number of anilines is 1. The molecule has 1 heterocycles. The van der Waals surface area contributed by atoms with Gasteiger partial charge in [0.15, 0.2) is 0 Å². The molecule has 0 radical (unpaired) electrons. The number of para-hydroxylation sites is 1. The Bertz CT molecular complexity index is 918. The van der Waals surface area contributed by atoms with Crippen molar-refractivity contribution in [3.8, 4) is 0 Å². The van der Waals surface area contributed by atoms with Crippen LogP contribution >= 0.6 is 15.9 Å². The summed E-state index contributed by atoms with van der Waals surface area (Å²) in [7, 11) is 0. The highest BCUT2D eigenvalue weighted by Gasteiger charge is 2.25. The Morgan fingerprint density at radius 3 is 2.23 bits per heavy atom. The third-order valence-electron chi connectivity index (χ3n) is 6.45. The Hall–Kier alpha value is -2.18. The monoisotopic (exact) mass is 483 g/mol. The highest BCUT2D eigenvalue weighted by Crippen LogP contribution is 2.27. The molecule has 0 unspecified atom stereocenters. The van der Waals surface area contributed by atoms with E-state index in [1.54, 1.807) is 18.2 Å². The third-order valence-corrected chi connectivity index (χ3v) is 7.14. The van der Waals surface area contributed by atoms with Crippen LogP contribution in [0.15, 0.2) is 53.0 Å². The number of rotatable bonds is 6. The van der Waals surface area contributed by atoms with E-state index in [0.29, 0.717) is 16.8 Å². The molecule has 31 heavy (non-hydrogen) atoms. The Balaban J connectivity index is 1.34. The van der Waals surface area contributed by atoms with E-state index in [4.69, 9.17) is 0 Å². The molecule has 0 spiro atoms. The van der Waals surface area contributed by atoms with Crippen molar-refractivity contribution in [2.45, 2.75) is 44.6 Å². The number of nitrogens with one attached hydrogen (secondary N) is 2. The van der Waals surface area contributed by atoms with E-state index in [1.165, 1.54) is 32.2 Å². The molecular weight excluding hydrogens is 454 g/mol. The van der Waals surface area contributed by atoms with Crippen molar-refractivity contribution in [1.82, 2.24) is 10.2 Å². The first kappa shape index (κ1) is 22.0. The summed E-state index contributed by atoms with van der Waals surface area (Å²) in [6, 6.07) is 14.6. The van der Waals surface area contributed by atoms with Crippen molar-refractivity contribution in [2.24, 2.45) is 5.92 Å². The quantitative estimate of drug-likeness (QED) is 0.601. The maximum atomic E-state index is 13.0. The van der Waals surface area contributed by atoms with Crippen LogP contribution in [0.25, 0.3) is 0 Å². The maximum Gasteiger partial charge on any atom is 0.256 e.